The van der Waals surface area contributed by atoms with Crippen molar-refractivity contribution in [3.8, 4) is 0 Å². The van der Waals surface area contributed by atoms with Gasteiger partial charge >= 0.3 is 0 Å². The fraction of sp³-hybridized carbons (Fsp3) is 0.909. The molecule has 0 spiro atoms. The largest absolute Gasteiger partial charge is 0.393 e. The topological polar surface area (TPSA) is 24.8 Å². The van der Waals surface area contributed by atoms with Crippen LogP contribution < -0.4 is 0 Å². The standard InChI is InChI=1S/C11H20N2O/c1-12-14-11-6-8-13(9-7-11)10-4-2-3-5-10/h10-11H,1-9H2. The number of oxime groups is 1. The van der Waals surface area contributed by atoms with E-state index in [1.165, 1.54) is 38.8 Å². The van der Waals surface area contributed by atoms with Crippen LogP contribution in [0.15, 0.2) is 5.16 Å². The van der Waals surface area contributed by atoms with Gasteiger partial charge in [-0.05, 0) is 25.7 Å². The van der Waals surface area contributed by atoms with Crippen LogP contribution in [-0.4, -0.2) is 36.9 Å². The van der Waals surface area contributed by atoms with E-state index in [9.17, 15) is 0 Å². The predicted molar refractivity (Wildman–Crippen MR) is 57.5 cm³/mol. The lowest BCUT2D eigenvalue weighted by Gasteiger charge is -2.34. The fourth-order valence-corrected chi connectivity index (χ4v) is 2.72. The maximum atomic E-state index is 5.18. The van der Waals surface area contributed by atoms with Crippen molar-refractivity contribution in [3.05, 3.63) is 0 Å². The lowest BCUT2D eigenvalue weighted by Crippen LogP contribution is -2.41. The zero-order chi connectivity index (χ0) is 9.80. The first-order valence-electron chi connectivity index (χ1n) is 5.76. The molecule has 14 heavy (non-hydrogen) atoms. The molecular formula is C11H20N2O. The molecule has 0 radical (unpaired) electrons. The predicted octanol–water partition coefficient (Wildman–Crippen LogP) is 2.03. The van der Waals surface area contributed by atoms with Crippen LogP contribution in [0.25, 0.3) is 0 Å². The molecule has 0 aromatic rings. The molecule has 1 heterocycles. The minimum Gasteiger partial charge on any atom is -0.393 e. The first-order chi connectivity index (χ1) is 6.90. The molecule has 1 aliphatic heterocycles. The molecule has 0 aromatic carbocycles. The lowest BCUT2D eigenvalue weighted by atomic mass is 10.1. The molecule has 2 fully saturated rings. The van der Waals surface area contributed by atoms with Gasteiger partial charge in [0.15, 0.2) is 0 Å². The smallest absolute Gasteiger partial charge is 0.130 e. The Hall–Kier alpha value is -0.570. The molecule has 2 aliphatic rings. The van der Waals surface area contributed by atoms with Crippen LogP contribution in [-0.2, 0) is 4.84 Å². The summed E-state index contributed by atoms with van der Waals surface area (Å²) in [7, 11) is 0. The second-order valence-corrected chi connectivity index (χ2v) is 4.41. The number of hydrogen-bond acceptors (Lipinski definition) is 3. The third-order valence-corrected chi connectivity index (χ3v) is 3.54. The van der Waals surface area contributed by atoms with Gasteiger partial charge < -0.3 is 9.74 Å². The Kier molecular flexibility index (Phi) is 3.40. The molecule has 0 amide bonds. The van der Waals surface area contributed by atoms with Crippen molar-refractivity contribution < 1.29 is 4.84 Å². The Labute approximate surface area is 86.1 Å². The molecule has 1 saturated carbocycles. The Morgan fingerprint density at radius 2 is 1.71 bits per heavy atom. The highest BCUT2D eigenvalue weighted by Crippen LogP contribution is 2.26. The van der Waals surface area contributed by atoms with E-state index in [-0.39, 0.29) is 0 Å². The van der Waals surface area contributed by atoms with Crippen molar-refractivity contribution in [1.82, 2.24) is 4.90 Å². The molecular weight excluding hydrogens is 176 g/mol. The Morgan fingerprint density at radius 3 is 2.29 bits per heavy atom. The van der Waals surface area contributed by atoms with Crippen molar-refractivity contribution in [1.29, 1.82) is 0 Å². The molecule has 0 unspecified atom stereocenters. The quantitative estimate of drug-likeness (QED) is 0.509. The second-order valence-electron chi connectivity index (χ2n) is 4.41. The number of nitrogens with zero attached hydrogens (tertiary/aromatic N) is 2. The Balaban J connectivity index is 1.74. The summed E-state index contributed by atoms with van der Waals surface area (Å²) in [5.74, 6) is 0. The van der Waals surface area contributed by atoms with Crippen molar-refractivity contribution in [3.63, 3.8) is 0 Å². The van der Waals surface area contributed by atoms with Gasteiger partial charge in [-0.2, -0.15) is 0 Å². The highest BCUT2D eigenvalue weighted by Gasteiger charge is 2.27. The molecule has 3 nitrogen and oxygen atoms in total. The molecule has 0 atom stereocenters. The fourth-order valence-electron chi connectivity index (χ4n) is 2.72. The molecule has 0 N–H and O–H groups in total. The van der Waals surface area contributed by atoms with Crippen LogP contribution in [0.4, 0.5) is 0 Å². The summed E-state index contributed by atoms with van der Waals surface area (Å²) in [4.78, 5) is 7.82. The molecule has 0 bridgehead atoms. The first kappa shape index (κ1) is 9.97. The summed E-state index contributed by atoms with van der Waals surface area (Å²) in [5, 5.41) is 3.51. The van der Waals surface area contributed by atoms with Gasteiger partial charge in [0.1, 0.15) is 6.10 Å². The van der Waals surface area contributed by atoms with Gasteiger partial charge in [0.25, 0.3) is 0 Å². The van der Waals surface area contributed by atoms with E-state index in [1.807, 2.05) is 0 Å². The number of rotatable bonds is 3. The maximum Gasteiger partial charge on any atom is 0.130 e. The average Bonchev–Trinajstić information content (AvgIpc) is 2.72. The average molecular weight is 196 g/mol. The third kappa shape index (κ3) is 2.27. The van der Waals surface area contributed by atoms with Crippen molar-refractivity contribution >= 4 is 6.72 Å². The van der Waals surface area contributed by atoms with Crippen LogP contribution >= 0.6 is 0 Å². The first-order valence-corrected chi connectivity index (χ1v) is 5.76. The normalized spacial score (nSPS) is 26.6. The van der Waals surface area contributed by atoms with Crippen LogP contribution in [0.2, 0.25) is 0 Å². The summed E-state index contributed by atoms with van der Waals surface area (Å²) >= 11 is 0. The minimum atomic E-state index is 0.324. The molecule has 0 aromatic heterocycles. The minimum absolute atomic E-state index is 0.324. The van der Waals surface area contributed by atoms with Gasteiger partial charge in [-0.15, -0.1) is 5.16 Å². The molecule has 3 heteroatoms. The van der Waals surface area contributed by atoms with E-state index in [0.717, 1.165) is 18.9 Å². The summed E-state index contributed by atoms with van der Waals surface area (Å²) in [5.41, 5.74) is 0. The van der Waals surface area contributed by atoms with E-state index in [4.69, 9.17) is 4.84 Å². The number of likely N-dealkylation sites (tertiary alicyclic amines) is 1. The van der Waals surface area contributed by atoms with Crippen molar-refractivity contribution in [2.75, 3.05) is 13.1 Å². The van der Waals surface area contributed by atoms with Gasteiger partial charge in [-0.1, -0.05) is 12.8 Å². The lowest BCUT2D eigenvalue weighted by molar-refractivity contribution is 0.00279. The highest BCUT2D eigenvalue weighted by atomic mass is 16.6. The SMILES string of the molecule is C=NOC1CCN(C2CCCC2)CC1. The summed E-state index contributed by atoms with van der Waals surface area (Å²) < 4.78 is 0. The van der Waals surface area contributed by atoms with Gasteiger partial charge in [0, 0.05) is 25.8 Å². The van der Waals surface area contributed by atoms with Crippen molar-refractivity contribution in [2.24, 2.45) is 5.16 Å². The highest BCUT2D eigenvalue weighted by molar-refractivity contribution is 5.21. The zero-order valence-electron chi connectivity index (χ0n) is 8.82. The van der Waals surface area contributed by atoms with Gasteiger partial charge in [0.2, 0.25) is 0 Å². The molecule has 1 aliphatic carbocycles. The van der Waals surface area contributed by atoms with E-state index in [1.54, 1.807) is 0 Å². The van der Waals surface area contributed by atoms with E-state index >= 15 is 0 Å². The summed E-state index contributed by atoms with van der Waals surface area (Å²) in [6, 6.07) is 0.868. The van der Waals surface area contributed by atoms with E-state index in [2.05, 4.69) is 16.8 Å². The third-order valence-electron chi connectivity index (χ3n) is 3.54. The monoisotopic (exact) mass is 196 g/mol. The van der Waals surface area contributed by atoms with Crippen LogP contribution in [0.1, 0.15) is 38.5 Å². The van der Waals surface area contributed by atoms with Gasteiger partial charge in [0.05, 0.1) is 0 Å². The van der Waals surface area contributed by atoms with Gasteiger partial charge in [-0.25, -0.2) is 0 Å². The number of piperidine rings is 1. The van der Waals surface area contributed by atoms with Gasteiger partial charge in [-0.3, -0.25) is 0 Å². The van der Waals surface area contributed by atoms with E-state index < -0.39 is 0 Å². The Bertz CT molecular complexity index is 182. The van der Waals surface area contributed by atoms with Crippen molar-refractivity contribution in [2.45, 2.75) is 50.7 Å². The zero-order valence-corrected chi connectivity index (χ0v) is 8.82. The second kappa shape index (κ2) is 4.78. The maximum absolute atomic E-state index is 5.18. The summed E-state index contributed by atoms with van der Waals surface area (Å²) in [6.07, 6.45) is 8.23. The molecule has 2 rings (SSSR count). The number of hydrogen-bond donors (Lipinski definition) is 0. The summed E-state index contributed by atoms with van der Waals surface area (Å²) in [6.45, 7) is 5.74. The Morgan fingerprint density at radius 1 is 1.07 bits per heavy atom. The van der Waals surface area contributed by atoms with Crippen LogP contribution in [0, 0.1) is 0 Å². The van der Waals surface area contributed by atoms with E-state index in [0.29, 0.717) is 6.10 Å². The molecule has 1 saturated heterocycles. The molecule has 80 valence electrons. The van der Waals surface area contributed by atoms with Crippen LogP contribution in [0.3, 0.4) is 0 Å². The van der Waals surface area contributed by atoms with Crippen LogP contribution in [0.5, 0.6) is 0 Å².